The number of carboxylic acids is 1. The average Bonchev–Trinajstić information content (AvgIpc) is 2.19. The molecule has 3 amide bonds. The second-order valence-electron chi connectivity index (χ2n) is 6.44. The van der Waals surface area contributed by atoms with Crippen molar-refractivity contribution in [1.29, 1.82) is 0 Å². The van der Waals surface area contributed by atoms with Crippen LogP contribution >= 0.6 is 0 Å². The lowest BCUT2D eigenvalue weighted by Crippen LogP contribution is -2.44. The van der Waals surface area contributed by atoms with Gasteiger partial charge in [-0.2, -0.15) is 0 Å². The van der Waals surface area contributed by atoms with Crippen molar-refractivity contribution in [3.63, 3.8) is 0 Å². The molecule has 0 aromatic heterocycles. The Morgan fingerprint density at radius 3 is 2.30 bits per heavy atom. The molecule has 0 bridgehead atoms. The normalized spacial score (nSPS) is 15.3. The molecule has 114 valence electrons. The molecule has 0 unspecified atom stereocenters. The Hall–Kier alpha value is -1.59. The van der Waals surface area contributed by atoms with Gasteiger partial charge in [-0.05, 0) is 24.2 Å². The molecule has 2 N–H and O–H groups in total. The number of rotatable bonds is 6. The number of hydrogen-bond donors (Lipinski definition) is 2. The van der Waals surface area contributed by atoms with E-state index in [1.807, 2.05) is 0 Å². The lowest BCUT2D eigenvalue weighted by atomic mass is 9.85. The maximum absolute atomic E-state index is 11.8. The maximum Gasteiger partial charge on any atom is 0.323 e. The number of hydrogen-bond acceptors (Lipinski definition) is 3. The van der Waals surface area contributed by atoms with E-state index in [0.717, 1.165) is 12.8 Å². The second-order valence-corrected chi connectivity index (χ2v) is 6.44. The second kappa shape index (κ2) is 6.72. The van der Waals surface area contributed by atoms with E-state index in [0.29, 0.717) is 12.5 Å². The smallest absolute Gasteiger partial charge is 0.323 e. The average molecular weight is 284 g/mol. The van der Waals surface area contributed by atoms with Gasteiger partial charge < -0.3 is 10.0 Å². The van der Waals surface area contributed by atoms with Crippen molar-refractivity contribution in [3.05, 3.63) is 0 Å². The highest BCUT2D eigenvalue weighted by Crippen LogP contribution is 2.27. The fraction of sp³-hybridized carbons (Fsp3) is 0.786. The minimum absolute atomic E-state index is 0.0162. The van der Waals surface area contributed by atoms with Crippen molar-refractivity contribution in [3.8, 4) is 0 Å². The van der Waals surface area contributed by atoms with Crippen molar-refractivity contribution >= 4 is 17.9 Å². The van der Waals surface area contributed by atoms with Gasteiger partial charge in [-0.3, -0.25) is 14.9 Å². The number of nitrogens with zero attached hydrogens (tertiary/aromatic N) is 1. The summed E-state index contributed by atoms with van der Waals surface area (Å²) in [4.78, 5) is 35.8. The highest BCUT2D eigenvalue weighted by Gasteiger charge is 2.27. The quantitative estimate of drug-likeness (QED) is 0.779. The number of imide groups is 1. The third-order valence-electron chi connectivity index (χ3n) is 3.62. The van der Waals surface area contributed by atoms with Gasteiger partial charge in [-0.25, -0.2) is 4.79 Å². The van der Waals surface area contributed by atoms with Crippen LogP contribution in [0.2, 0.25) is 0 Å². The van der Waals surface area contributed by atoms with Crippen molar-refractivity contribution < 1.29 is 19.5 Å². The third kappa shape index (κ3) is 5.59. The number of amides is 3. The topological polar surface area (TPSA) is 86.7 Å². The van der Waals surface area contributed by atoms with Gasteiger partial charge >= 0.3 is 12.0 Å². The van der Waals surface area contributed by atoms with Crippen LogP contribution in [0, 0.1) is 11.3 Å². The molecule has 0 aromatic rings. The predicted octanol–water partition coefficient (Wildman–Crippen LogP) is 1.85. The number of aliphatic carboxylic acids is 1. The molecule has 1 aliphatic carbocycles. The largest absolute Gasteiger partial charge is 0.481 e. The summed E-state index contributed by atoms with van der Waals surface area (Å²) < 4.78 is 0. The van der Waals surface area contributed by atoms with Gasteiger partial charge in [0, 0.05) is 20.0 Å². The molecule has 1 saturated carbocycles. The summed E-state index contributed by atoms with van der Waals surface area (Å²) >= 11 is 0. The SMILES string of the molecule is CN(CC1CCC1)C(=O)NC(=O)CC(C)(C)CC(=O)O. The van der Waals surface area contributed by atoms with E-state index in [4.69, 9.17) is 5.11 Å². The van der Waals surface area contributed by atoms with Crippen LogP contribution in [0.3, 0.4) is 0 Å². The van der Waals surface area contributed by atoms with E-state index < -0.39 is 23.3 Å². The fourth-order valence-electron chi connectivity index (χ4n) is 2.31. The molecule has 1 rings (SSSR count). The summed E-state index contributed by atoms with van der Waals surface area (Å²) in [5.74, 6) is -0.831. The van der Waals surface area contributed by atoms with Gasteiger partial charge in [0.15, 0.2) is 0 Å². The minimum atomic E-state index is -0.948. The predicted molar refractivity (Wildman–Crippen MR) is 74.2 cm³/mol. The number of carbonyl (C=O) groups is 3. The number of carbonyl (C=O) groups excluding carboxylic acids is 2. The molecule has 1 aliphatic rings. The van der Waals surface area contributed by atoms with Crippen LogP contribution in [0.15, 0.2) is 0 Å². The lowest BCUT2D eigenvalue weighted by molar-refractivity contribution is -0.139. The van der Waals surface area contributed by atoms with Crippen LogP contribution in [0.4, 0.5) is 4.79 Å². The molecule has 0 saturated heterocycles. The first-order chi connectivity index (χ1) is 9.19. The molecule has 0 atom stereocenters. The Balaban J connectivity index is 2.36. The first kappa shape index (κ1) is 16.5. The molecule has 6 heteroatoms. The molecule has 20 heavy (non-hydrogen) atoms. The van der Waals surface area contributed by atoms with E-state index in [1.54, 1.807) is 20.9 Å². The zero-order valence-electron chi connectivity index (χ0n) is 12.4. The van der Waals surface area contributed by atoms with Crippen LogP contribution in [-0.4, -0.2) is 41.5 Å². The number of carboxylic acid groups (broad SMARTS) is 1. The summed E-state index contributed by atoms with van der Waals surface area (Å²) in [5, 5.41) is 11.1. The molecule has 0 aromatic carbocycles. The number of nitrogens with one attached hydrogen (secondary N) is 1. The Kier molecular flexibility index (Phi) is 5.53. The fourth-order valence-corrected chi connectivity index (χ4v) is 2.31. The van der Waals surface area contributed by atoms with E-state index in [2.05, 4.69) is 5.32 Å². The van der Waals surface area contributed by atoms with Crippen molar-refractivity contribution in [2.45, 2.75) is 46.0 Å². The zero-order valence-corrected chi connectivity index (χ0v) is 12.4. The van der Waals surface area contributed by atoms with Gasteiger partial charge in [-0.1, -0.05) is 20.3 Å². The summed E-state index contributed by atoms with van der Waals surface area (Å²) in [5.41, 5.74) is -0.664. The van der Waals surface area contributed by atoms with Crippen LogP contribution in [0.25, 0.3) is 0 Å². The van der Waals surface area contributed by atoms with Gasteiger partial charge in [-0.15, -0.1) is 0 Å². The third-order valence-corrected chi connectivity index (χ3v) is 3.62. The maximum atomic E-state index is 11.8. The van der Waals surface area contributed by atoms with Crippen LogP contribution in [0.5, 0.6) is 0 Å². The van der Waals surface area contributed by atoms with E-state index in [9.17, 15) is 14.4 Å². The summed E-state index contributed by atoms with van der Waals surface area (Å²) in [6.07, 6.45) is 3.39. The van der Waals surface area contributed by atoms with E-state index in [1.165, 1.54) is 11.3 Å². The van der Waals surface area contributed by atoms with Gasteiger partial charge in [0.05, 0.1) is 6.42 Å². The molecule has 1 fully saturated rings. The van der Waals surface area contributed by atoms with Gasteiger partial charge in [0.25, 0.3) is 0 Å². The molecular formula is C14H24N2O4. The highest BCUT2D eigenvalue weighted by molar-refractivity contribution is 5.94. The summed E-state index contributed by atoms with van der Waals surface area (Å²) in [6.45, 7) is 4.06. The standard InChI is InChI=1S/C14H24N2O4/c1-14(2,8-12(18)19)7-11(17)15-13(20)16(3)9-10-5-4-6-10/h10H,4-9H2,1-3H3,(H,18,19)(H,15,17,20). The Bertz CT molecular complexity index is 389. The van der Waals surface area contributed by atoms with E-state index in [-0.39, 0.29) is 12.8 Å². The summed E-state index contributed by atoms with van der Waals surface area (Å²) in [7, 11) is 1.67. The van der Waals surface area contributed by atoms with Gasteiger partial charge in [0.2, 0.25) is 5.91 Å². The Labute approximate surface area is 119 Å². The first-order valence-electron chi connectivity index (χ1n) is 6.96. The van der Waals surface area contributed by atoms with Crippen molar-refractivity contribution in [1.82, 2.24) is 10.2 Å². The van der Waals surface area contributed by atoms with Crippen LogP contribution in [0.1, 0.15) is 46.0 Å². The van der Waals surface area contributed by atoms with Crippen LogP contribution in [-0.2, 0) is 9.59 Å². The molecule has 0 spiro atoms. The molecule has 0 radical (unpaired) electrons. The molecule has 0 heterocycles. The molecule has 6 nitrogen and oxygen atoms in total. The Morgan fingerprint density at radius 2 is 1.85 bits per heavy atom. The monoisotopic (exact) mass is 284 g/mol. The summed E-state index contributed by atoms with van der Waals surface area (Å²) in [6, 6.07) is -0.409. The highest BCUT2D eigenvalue weighted by atomic mass is 16.4. The molecule has 0 aliphatic heterocycles. The van der Waals surface area contributed by atoms with Gasteiger partial charge in [0.1, 0.15) is 0 Å². The van der Waals surface area contributed by atoms with Crippen LogP contribution < -0.4 is 5.32 Å². The Morgan fingerprint density at radius 1 is 1.25 bits per heavy atom. The number of urea groups is 1. The zero-order chi connectivity index (χ0) is 15.3. The van der Waals surface area contributed by atoms with Crippen molar-refractivity contribution in [2.24, 2.45) is 11.3 Å². The minimum Gasteiger partial charge on any atom is -0.481 e. The van der Waals surface area contributed by atoms with E-state index >= 15 is 0 Å². The first-order valence-corrected chi connectivity index (χ1v) is 6.96. The molecular weight excluding hydrogens is 260 g/mol. The lowest BCUT2D eigenvalue weighted by Gasteiger charge is -2.30. The van der Waals surface area contributed by atoms with Crippen molar-refractivity contribution in [2.75, 3.05) is 13.6 Å².